The number of nitrogens with two attached hydrogens (primary N) is 3. The van der Waals surface area contributed by atoms with Crippen molar-refractivity contribution in [3.63, 3.8) is 0 Å². The Bertz CT molecular complexity index is 366. The van der Waals surface area contributed by atoms with E-state index >= 15 is 0 Å². The van der Waals surface area contributed by atoms with E-state index in [9.17, 15) is 9.59 Å². The van der Waals surface area contributed by atoms with Gasteiger partial charge in [0.2, 0.25) is 11.8 Å². The predicted molar refractivity (Wildman–Crippen MR) is 72.1 cm³/mol. The summed E-state index contributed by atoms with van der Waals surface area (Å²) < 4.78 is 0. The van der Waals surface area contributed by atoms with Crippen LogP contribution in [-0.2, 0) is 9.59 Å². The standard InChI is InChI=1S/C11H22N6O2/c1-17-6-7(5-9(12)18)16-10(19)8(17)3-2-4-15-11(13)14/h7-8H,2-6H2,1H3,(H2,12,18)(H,16,19)(H4,13,14,15)/t7-,8-/m0/s1. The summed E-state index contributed by atoms with van der Waals surface area (Å²) in [6, 6.07) is -0.415. The van der Waals surface area contributed by atoms with E-state index in [0.29, 0.717) is 19.5 Å². The van der Waals surface area contributed by atoms with Crippen molar-refractivity contribution in [3.8, 4) is 0 Å². The predicted octanol–water partition coefficient (Wildman–Crippen LogP) is -2.29. The van der Waals surface area contributed by atoms with Gasteiger partial charge in [-0.25, -0.2) is 0 Å². The minimum atomic E-state index is -0.412. The molecular weight excluding hydrogens is 248 g/mol. The van der Waals surface area contributed by atoms with Crippen LogP contribution in [0.1, 0.15) is 19.3 Å². The number of guanidine groups is 1. The van der Waals surface area contributed by atoms with E-state index in [4.69, 9.17) is 17.2 Å². The minimum absolute atomic E-state index is 0.0583. The molecule has 1 saturated heterocycles. The molecule has 1 heterocycles. The van der Waals surface area contributed by atoms with Crippen LogP contribution in [0.25, 0.3) is 0 Å². The molecule has 0 aromatic rings. The van der Waals surface area contributed by atoms with Gasteiger partial charge in [0.15, 0.2) is 5.96 Å². The molecule has 1 fully saturated rings. The molecule has 2 atom stereocenters. The first kappa shape index (κ1) is 15.2. The van der Waals surface area contributed by atoms with Crippen LogP contribution in [-0.4, -0.2) is 54.9 Å². The smallest absolute Gasteiger partial charge is 0.237 e. The molecule has 0 saturated carbocycles. The number of likely N-dealkylation sites (N-methyl/N-ethyl adjacent to an activating group) is 1. The van der Waals surface area contributed by atoms with Crippen LogP contribution in [0.2, 0.25) is 0 Å². The lowest BCUT2D eigenvalue weighted by molar-refractivity contribution is -0.130. The van der Waals surface area contributed by atoms with Crippen molar-refractivity contribution in [2.45, 2.75) is 31.3 Å². The summed E-state index contributed by atoms with van der Waals surface area (Å²) in [4.78, 5) is 28.6. The second kappa shape index (κ2) is 6.93. The molecule has 0 aromatic carbocycles. The lowest BCUT2D eigenvalue weighted by Gasteiger charge is -2.36. The van der Waals surface area contributed by atoms with E-state index in [1.807, 2.05) is 11.9 Å². The fourth-order valence-electron chi connectivity index (χ4n) is 2.22. The van der Waals surface area contributed by atoms with Crippen LogP contribution in [0.5, 0.6) is 0 Å². The van der Waals surface area contributed by atoms with Gasteiger partial charge in [-0.1, -0.05) is 0 Å². The Morgan fingerprint density at radius 2 is 2.16 bits per heavy atom. The van der Waals surface area contributed by atoms with Crippen molar-refractivity contribution in [3.05, 3.63) is 0 Å². The Morgan fingerprint density at radius 1 is 1.47 bits per heavy atom. The van der Waals surface area contributed by atoms with E-state index in [-0.39, 0.29) is 30.4 Å². The number of rotatable bonds is 6. The second-order valence-corrected chi connectivity index (χ2v) is 4.78. The molecule has 1 rings (SSSR count). The van der Waals surface area contributed by atoms with E-state index in [2.05, 4.69) is 10.3 Å². The summed E-state index contributed by atoms with van der Waals surface area (Å²) in [5.74, 6) is -0.433. The Hall–Kier alpha value is -1.83. The number of primary amides is 1. The maximum atomic E-state index is 11.9. The fraction of sp³-hybridized carbons (Fsp3) is 0.727. The number of hydrogen-bond donors (Lipinski definition) is 4. The summed E-state index contributed by atoms with van der Waals surface area (Å²) in [6.45, 7) is 1.12. The average molecular weight is 270 g/mol. The van der Waals surface area contributed by atoms with E-state index in [0.717, 1.165) is 6.42 Å². The normalized spacial score (nSPS) is 23.7. The minimum Gasteiger partial charge on any atom is -0.370 e. The van der Waals surface area contributed by atoms with Gasteiger partial charge in [0, 0.05) is 19.5 Å². The zero-order chi connectivity index (χ0) is 14.4. The van der Waals surface area contributed by atoms with Crippen molar-refractivity contribution in [1.82, 2.24) is 10.2 Å². The Balaban J connectivity index is 2.42. The molecule has 0 aromatic heterocycles. The van der Waals surface area contributed by atoms with Crippen LogP contribution in [0, 0.1) is 0 Å². The third-order valence-electron chi connectivity index (χ3n) is 3.07. The van der Waals surface area contributed by atoms with E-state index in [1.165, 1.54) is 0 Å². The first-order valence-corrected chi connectivity index (χ1v) is 6.24. The molecule has 8 nitrogen and oxygen atoms in total. The van der Waals surface area contributed by atoms with Gasteiger partial charge in [-0.3, -0.25) is 19.5 Å². The summed E-state index contributed by atoms with van der Waals surface area (Å²) >= 11 is 0. The Labute approximate surface area is 112 Å². The number of carbonyl (C=O) groups excluding carboxylic acids is 2. The van der Waals surface area contributed by atoms with Gasteiger partial charge < -0.3 is 22.5 Å². The number of hydrogen-bond acceptors (Lipinski definition) is 4. The first-order chi connectivity index (χ1) is 8.90. The van der Waals surface area contributed by atoms with Crippen LogP contribution in [0.3, 0.4) is 0 Å². The number of aliphatic imine (C=N–C) groups is 1. The molecule has 19 heavy (non-hydrogen) atoms. The molecule has 1 aliphatic rings. The number of piperazine rings is 1. The molecule has 108 valence electrons. The van der Waals surface area contributed by atoms with Crippen molar-refractivity contribution >= 4 is 17.8 Å². The molecule has 1 aliphatic heterocycles. The quantitative estimate of drug-likeness (QED) is 0.244. The topological polar surface area (TPSA) is 140 Å². The molecule has 0 aliphatic carbocycles. The van der Waals surface area contributed by atoms with Gasteiger partial charge in [-0.2, -0.15) is 0 Å². The third-order valence-corrected chi connectivity index (χ3v) is 3.07. The molecule has 0 radical (unpaired) electrons. The maximum Gasteiger partial charge on any atom is 0.237 e. The SMILES string of the molecule is CN1C[C@H](CC(N)=O)NC(=O)[C@@H]1CCCN=C(N)N. The van der Waals surface area contributed by atoms with Crippen LogP contribution >= 0.6 is 0 Å². The third kappa shape index (κ3) is 5.12. The number of amides is 2. The van der Waals surface area contributed by atoms with Gasteiger partial charge in [0.25, 0.3) is 0 Å². The van der Waals surface area contributed by atoms with Crippen LogP contribution < -0.4 is 22.5 Å². The number of carbonyl (C=O) groups is 2. The average Bonchev–Trinajstić information content (AvgIpc) is 2.25. The van der Waals surface area contributed by atoms with Crippen LogP contribution in [0.15, 0.2) is 4.99 Å². The summed E-state index contributed by atoms with van der Waals surface area (Å²) in [6.07, 6.45) is 1.56. The monoisotopic (exact) mass is 270 g/mol. The number of nitrogens with zero attached hydrogens (tertiary/aromatic N) is 2. The highest BCUT2D eigenvalue weighted by Crippen LogP contribution is 2.13. The lowest BCUT2D eigenvalue weighted by Crippen LogP contribution is -2.59. The number of nitrogens with one attached hydrogen (secondary N) is 1. The molecule has 0 spiro atoms. The molecule has 8 heteroatoms. The lowest BCUT2D eigenvalue weighted by atomic mass is 10.0. The zero-order valence-corrected chi connectivity index (χ0v) is 11.1. The molecule has 2 amide bonds. The molecule has 0 bridgehead atoms. The molecule has 0 unspecified atom stereocenters. The molecule has 7 N–H and O–H groups in total. The Kier molecular flexibility index (Phi) is 5.56. The highest BCUT2D eigenvalue weighted by atomic mass is 16.2. The zero-order valence-electron chi connectivity index (χ0n) is 11.1. The van der Waals surface area contributed by atoms with E-state index in [1.54, 1.807) is 0 Å². The van der Waals surface area contributed by atoms with Gasteiger partial charge in [0.1, 0.15) is 0 Å². The van der Waals surface area contributed by atoms with Gasteiger partial charge in [-0.05, 0) is 19.9 Å². The summed E-state index contributed by atoms with van der Waals surface area (Å²) in [7, 11) is 1.86. The van der Waals surface area contributed by atoms with Gasteiger partial charge >= 0.3 is 0 Å². The maximum absolute atomic E-state index is 11.9. The highest BCUT2D eigenvalue weighted by molar-refractivity contribution is 5.84. The van der Waals surface area contributed by atoms with Crippen molar-refractivity contribution in [2.75, 3.05) is 20.1 Å². The highest BCUT2D eigenvalue weighted by Gasteiger charge is 2.32. The molecular formula is C11H22N6O2. The largest absolute Gasteiger partial charge is 0.370 e. The van der Waals surface area contributed by atoms with Gasteiger partial charge in [-0.15, -0.1) is 0 Å². The van der Waals surface area contributed by atoms with Gasteiger partial charge in [0.05, 0.1) is 12.1 Å². The summed E-state index contributed by atoms with van der Waals surface area (Å²) in [5, 5.41) is 2.81. The van der Waals surface area contributed by atoms with Crippen molar-refractivity contribution in [2.24, 2.45) is 22.2 Å². The fourth-order valence-corrected chi connectivity index (χ4v) is 2.22. The van der Waals surface area contributed by atoms with Crippen molar-refractivity contribution < 1.29 is 9.59 Å². The van der Waals surface area contributed by atoms with Crippen LogP contribution in [0.4, 0.5) is 0 Å². The van der Waals surface area contributed by atoms with E-state index < -0.39 is 5.91 Å². The summed E-state index contributed by atoms with van der Waals surface area (Å²) in [5.41, 5.74) is 15.6. The van der Waals surface area contributed by atoms with Crippen molar-refractivity contribution in [1.29, 1.82) is 0 Å². The Morgan fingerprint density at radius 3 is 2.68 bits per heavy atom. The first-order valence-electron chi connectivity index (χ1n) is 6.24. The second-order valence-electron chi connectivity index (χ2n) is 4.78.